The molecule has 1 aliphatic heterocycles. The van der Waals surface area contributed by atoms with Gasteiger partial charge in [-0.3, -0.25) is 14.9 Å². The molecule has 5 heteroatoms. The van der Waals surface area contributed by atoms with E-state index in [0.717, 1.165) is 25.2 Å². The van der Waals surface area contributed by atoms with Gasteiger partial charge in [0.2, 0.25) is 0 Å². The van der Waals surface area contributed by atoms with E-state index in [2.05, 4.69) is 11.8 Å². The first-order valence-corrected chi connectivity index (χ1v) is 6.53. The Morgan fingerprint density at radius 1 is 1.47 bits per heavy atom. The predicted octanol–water partition coefficient (Wildman–Crippen LogP) is 3.03. The molecule has 1 saturated heterocycles. The van der Waals surface area contributed by atoms with E-state index in [4.69, 9.17) is 0 Å². The number of benzene rings is 1. The first kappa shape index (κ1) is 13.5. The number of ketones is 1. The average molecular weight is 262 g/mol. The number of anilines is 1. The van der Waals surface area contributed by atoms with Crippen LogP contribution >= 0.6 is 0 Å². The first-order valence-electron chi connectivity index (χ1n) is 6.53. The Morgan fingerprint density at radius 3 is 2.79 bits per heavy atom. The van der Waals surface area contributed by atoms with Gasteiger partial charge in [0.15, 0.2) is 5.78 Å². The van der Waals surface area contributed by atoms with Crippen molar-refractivity contribution >= 4 is 17.2 Å². The lowest BCUT2D eigenvalue weighted by Crippen LogP contribution is -2.34. The monoisotopic (exact) mass is 262 g/mol. The van der Waals surface area contributed by atoms with Crippen LogP contribution in [-0.2, 0) is 0 Å². The maximum absolute atomic E-state index is 11.4. The van der Waals surface area contributed by atoms with Crippen molar-refractivity contribution < 1.29 is 9.72 Å². The summed E-state index contributed by atoms with van der Waals surface area (Å²) in [5.41, 5.74) is 0.922. The van der Waals surface area contributed by atoms with Gasteiger partial charge in [0.25, 0.3) is 5.69 Å². The molecule has 5 nitrogen and oxygen atoms in total. The van der Waals surface area contributed by atoms with Gasteiger partial charge in [-0.25, -0.2) is 0 Å². The minimum atomic E-state index is -0.479. The summed E-state index contributed by atoms with van der Waals surface area (Å²) in [7, 11) is 0. The number of piperidine rings is 1. The van der Waals surface area contributed by atoms with Crippen LogP contribution in [-0.4, -0.2) is 23.8 Å². The Morgan fingerprint density at radius 2 is 2.21 bits per heavy atom. The van der Waals surface area contributed by atoms with E-state index in [1.165, 1.54) is 19.4 Å². The number of Topliss-reactive ketones (excluding diaryl/α,β-unsaturated/α-hetero) is 1. The SMILES string of the molecule is CC(=O)c1ccc(N2CCCC(C)C2)cc1[N+](=O)[O-]. The summed E-state index contributed by atoms with van der Waals surface area (Å²) in [4.78, 5) is 24.1. The van der Waals surface area contributed by atoms with Crippen molar-refractivity contribution in [2.24, 2.45) is 5.92 Å². The van der Waals surface area contributed by atoms with Crippen molar-refractivity contribution in [1.29, 1.82) is 0 Å². The van der Waals surface area contributed by atoms with Crippen LogP contribution in [0, 0.1) is 16.0 Å². The van der Waals surface area contributed by atoms with E-state index < -0.39 is 4.92 Å². The summed E-state index contributed by atoms with van der Waals surface area (Å²) in [5.74, 6) is 0.325. The molecule has 2 rings (SSSR count). The molecule has 0 aliphatic carbocycles. The number of nitrogens with zero attached hydrogens (tertiary/aromatic N) is 2. The molecule has 0 spiro atoms. The molecule has 0 N–H and O–H groups in total. The highest BCUT2D eigenvalue weighted by Gasteiger charge is 2.22. The van der Waals surface area contributed by atoms with Crippen LogP contribution in [0.5, 0.6) is 0 Å². The van der Waals surface area contributed by atoms with E-state index in [-0.39, 0.29) is 17.0 Å². The fourth-order valence-electron chi connectivity index (χ4n) is 2.59. The summed E-state index contributed by atoms with van der Waals surface area (Å²) >= 11 is 0. The Balaban J connectivity index is 2.35. The second kappa shape index (κ2) is 5.38. The van der Waals surface area contributed by atoms with Crippen LogP contribution in [0.15, 0.2) is 18.2 Å². The van der Waals surface area contributed by atoms with E-state index in [0.29, 0.717) is 5.92 Å². The zero-order chi connectivity index (χ0) is 14.0. The Kier molecular flexibility index (Phi) is 3.83. The van der Waals surface area contributed by atoms with Crippen LogP contribution in [0.2, 0.25) is 0 Å². The molecule has 0 aromatic heterocycles. The molecule has 1 atom stereocenters. The Labute approximate surface area is 112 Å². The van der Waals surface area contributed by atoms with Crippen molar-refractivity contribution in [3.63, 3.8) is 0 Å². The lowest BCUT2D eigenvalue weighted by atomic mass is 9.99. The molecule has 1 heterocycles. The Bertz CT molecular complexity index is 513. The molecule has 19 heavy (non-hydrogen) atoms. The molecule has 1 fully saturated rings. The van der Waals surface area contributed by atoms with Crippen molar-refractivity contribution in [2.45, 2.75) is 26.7 Å². The lowest BCUT2D eigenvalue weighted by Gasteiger charge is -2.32. The van der Waals surface area contributed by atoms with Gasteiger partial charge in [0.05, 0.1) is 10.5 Å². The smallest absolute Gasteiger partial charge is 0.282 e. The standard InChI is InChI=1S/C14H18N2O3/c1-10-4-3-7-15(9-10)12-5-6-13(11(2)17)14(8-12)16(18)19/h5-6,8,10H,3-4,7,9H2,1-2H3. The number of nitro groups is 1. The third kappa shape index (κ3) is 2.92. The molecule has 0 saturated carbocycles. The third-order valence-electron chi connectivity index (χ3n) is 3.58. The summed E-state index contributed by atoms with van der Waals surface area (Å²) in [6.45, 7) is 5.37. The molecule has 0 radical (unpaired) electrons. The van der Waals surface area contributed by atoms with E-state index in [1.807, 2.05) is 6.07 Å². The normalized spacial score (nSPS) is 19.3. The average Bonchev–Trinajstić information content (AvgIpc) is 2.37. The number of rotatable bonds is 3. The van der Waals surface area contributed by atoms with Crippen molar-refractivity contribution in [1.82, 2.24) is 0 Å². The highest BCUT2D eigenvalue weighted by Crippen LogP contribution is 2.29. The second-order valence-corrected chi connectivity index (χ2v) is 5.21. The number of hydrogen-bond acceptors (Lipinski definition) is 4. The molecule has 102 valence electrons. The van der Waals surface area contributed by atoms with Crippen molar-refractivity contribution in [3.05, 3.63) is 33.9 Å². The van der Waals surface area contributed by atoms with Gasteiger partial charge in [-0.05, 0) is 37.8 Å². The highest BCUT2D eigenvalue weighted by molar-refractivity contribution is 5.98. The van der Waals surface area contributed by atoms with Crippen molar-refractivity contribution in [3.8, 4) is 0 Å². The lowest BCUT2D eigenvalue weighted by molar-refractivity contribution is -0.385. The third-order valence-corrected chi connectivity index (χ3v) is 3.58. The number of hydrogen-bond donors (Lipinski definition) is 0. The van der Waals surface area contributed by atoms with Crippen LogP contribution in [0.25, 0.3) is 0 Å². The summed E-state index contributed by atoms with van der Waals surface area (Å²) in [6, 6.07) is 4.89. The minimum absolute atomic E-state index is 0.0942. The minimum Gasteiger partial charge on any atom is -0.371 e. The van der Waals surface area contributed by atoms with E-state index in [1.54, 1.807) is 6.07 Å². The Hall–Kier alpha value is -1.91. The highest BCUT2D eigenvalue weighted by atomic mass is 16.6. The molecular weight excluding hydrogens is 244 g/mol. The van der Waals surface area contributed by atoms with Crippen LogP contribution < -0.4 is 4.90 Å². The van der Waals surface area contributed by atoms with Crippen LogP contribution in [0.3, 0.4) is 0 Å². The fraction of sp³-hybridized carbons (Fsp3) is 0.500. The van der Waals surface area contributed by atoms with Crippen molar-refractivity contribution in [2.75, 3.05) is 18.0 Å². The van der Waals surface area contributed by atoms with Gasteiger partial charge in [-0.1, -0.05) is 6.92 Å². The molecular formula is C14H18N2O3. The quantitative estimate of drug-likeness (QED) is 0.477. The van der Waals surface area contributed by atoms with Crippen LogP contribution in [0.1, 0.15) is 37.0 Å². The van der Waals surface area contributed by atoms with Crippen LogP contribution in [0.4, 0.5) is 11.4 Å². The fourth-order valence-corrected chi connectivity index (χ4v) is 2.59. The van der Waals surface area contributed by atoms with Gasteiger partial charge < -0.3 is 4.90 Å². The maximum atomic E-state index is 11.4. The van der Waals surface area contributed by atoms with Gasteiger partial charge >= 0.3 is 0 Å². The zero-order valence-electron chi connectivity index (χ0n) is 11.3. The zero-order valence-corrected chi connectivity index (χ0v) is 11.3. The molecule has 1 aromatic carbocycles. The van der Waals surface area contributed by atoms with E-state index >= 15 is 0 Å². The van der Waals surface area contributed by atoms with Gasteiger partial charge in [-0.2, -0.15) is 0 Å². The predicted molar refractivity (Wildman–Crippen MR) is 73.7 cm³/mol. The summed E-state index contributed by atoms with van der Waals surface area (Å²) in [5, 5.41) is 11.1. The topological polar surface area (TPSA) is 63.5 Å². The molecule has 0 amide bonds. The first-order chi connectivity index (χ1) is 8.99. The number of carbonyl (C=O) groups is 1. The van der Waals surface area contributed by atoms with Gasteiger partial charge in [-0.15, -0.1) is 0 Å². The molecule has 1 unspecified atom stereocenters. The maximum Gasteiger partial charge on any atom is 0.282 e. The number of nitro benzene ring substituents is 1. The van der Waals surface area contributed by atoms with Gasteiger partial charge in [0.1, 0.15) is 0 Å². The summed E-state index contributed by atoms with van der Waals surface area (Å²) < 4.78 is 0. The molecule has 0 bridgehead atoms. The molecule has 1 aromatic rings. The summed E-state index contributed by atoms with van der Waals surface area (Å²) in [6.07, 6.45) is 2.30. The largest absolute Gasteiger partial charge is 0.371 e. The van der Waals surface area contributed by atoms with Gasteiger partial charge in [0, 0.05) is 24.8 Å². The van der Waals surface area contributed by atoms with E-state index in [9.17, 15) is 14.9 Å². The number of carbonyl (C=O) groups excluding carboxylic acids is 1. The second-order valence-electron chi connectivity index (χ2n) is 5.21. The molecule has 1 aliphatic rings.